The molecule has 0 aliphatic rings. The lowest BCUT2D eigenvalue weighted by molar-refractivity contribution is 0.0930. The number of aryl methyl sites for hydroxylation is 1. The molecule has 20 heavy (non-hydrogen) atoms. The second kappa shape index (κ2) is 6.25. The van der Waals surface area contributed by atoms with Gasteiger partial charge in [0.2, 0.25) is 0 Å². The van der Waals surface area contributed by atoms with Gasteiger partial charge in [-0.2, -0.15) is 0 Å². The quantitative estimate of drug-likeness (QED) is 0.788. The van der Waals surface area contributed by atoms with E-state index in [1.54, 1.807) is 18.3 Å². The molecule has 106 valence electrons. The molecule has 0 saturated carbocycles. The van der Waals surface area contributed by atoms with Crippen LogP contribution in [-0.2, 0) is 11.3 Å². The van der Waals surface area contributed by atoms with Crippen molar-refractivity contribution in [2.75, 3.05) is 20.3 Å². The van der Waals surface area contributed by atoms with Gasteiger partial charge in [0, 0.05) is 26.4 Å². The van der Waals surface area contributed by atoms with Crippen molar-refractivity contribution in [3.8, 4) is 0 Å². The average molecular weight is 276 g/mol. The third kappa shape index (κ3) is 2.67. The second-order valence-electron chi connectivity index (χ2n) is 4.10. The number of rotatable bonds is 5. The van der Waals surface area contributed by atoms with Crippen LogP contribution in [0.3, 0.4) is 0 Å². The monoisotopic (exact) mass is 276 g/mol. The molecule has 2 heterocycles. The minimum Gasteiger partial charge on any atom is -0.383 e. The first-order valence-corrected chi connectivity index (χ1v) is 6.31. The molecule has 1 amide bonds. The standard InChI is InChI=1S/C13H16N4O3/c1-3-17-11-9(5-4-6-14-11)16-10(13(17)19)12(18)15-7-8-20-2/h4-6H,3,7-8H2,1-2H3,(H,15,18). The maximum Gasteiger partial charge on any atom is 0.283 e. The van der Waals surface area contributed by atoms with Crippen LogP contribution in [0.5, 0.6) is 0 Å². The molecule has 1 N–H and O–H groups in total. The highest BCUT2D eigenvalue weighted by Crippen LogP contribution is 2.06. The number of carbonyl (C=O) groups is 1. The number of nitrogens with zero attached hydrogens (tertiary/aromatic N) is 3. The molecule has 0 bridgehead atoms. The topological polar surface area (TPSA) is 86.1 Å². The molecule has 0 fully saturated rings. The molecule has 0 unspecified atom stereocenters. The van der Waals surface area contributed by atoms with Gasteiger partial charge in [0.15, 0.2) is 11.3 Å². The van der Waals surface area contributed by atoms with Gasteiger partial charge in [0.1, 0.15) is 5.52 Å². The third-order valence-electron chi connectivity index (χ3n) is 2.82. The summed E-state index contributed by atoms with van der Waals surface area (Å²) in [5.74, 6) is -0.500. The van der Waals surface area contributed by atoms with Crippen LogP contribution in [-0.4, -0.2) is 40.7 Å². The number of carbonyl (C=O) groups excluding carboxylic acids is 1. The molecule has 0 spiro atoms. The van der Waals surface area contributed by atoms with E-state index in [0.717, 1.165) is 0 Å². The molecule has 2 aromatic rings. The van der Waals surface area contributed by atoms with Crippen molar-refractivity contribution < 1.29 is 9.53 Å². The number of hydrogen-bond acceptors (Lipinski definition) is 5. The molecule has 0 radical (unpaired) electrons. The van der Waals surface area contributed by atoms with E-state index in [9.17, 15) is 9.59 Å². The molecule has 7 heteroatoms. The van der Waals surface area contributed by atoms with Crippen LogP contribution < -0.4 is 10.9 Å². The highest BCUT2D eigenvalue weighted by Gasteiger charge is 2.16. The van der Waals surface area contributed by atoms with E-state index in [0.29, 0.717) is 30.9 Å². The predicted molar refractivity (Wildman–Crippen MR) is 73.7 cm³/mol. The fourth-order valence-corrected chi connectivity index (χ4v) is 1.87. The largest absolute Gasteiger partial charge is 0.383 e. The Hall–Kier alpha value is -2.28. The molecule has 0 aliphatic heterocycles. The molecule has 0 aromatic carbocycles. The molecule has 2 aromatic heterocycles. The Kier molecular flexibility index (Phi) is 4.41. The van der Waals surface area contributed by atoms with Crippen LogP contribution in [0, 0.1) is 0 Å². The molecule has 0 saturated heterocycles. The number of hydrogen-bond donors (Lipinski definition) is 1. The highest BCUT2D eigenvalue weighted by molar-refractivity contribution is 5.93. The average Bonchev–Trinajstić information content (AvgIpc) is 2.47. The van der Waals surface area contributed by atoms with Gasteiger partial charge in [-0.05, 0) is 19.1 Å². The molecule has 2 rings (SSSR count). The SMILES string of the molecule is CCn1c(=O)c(C(=O)NCCOC)nc2cccnc21. The summed E-state index contributed by atoms with van der Waals surface area (Å²) in [7, 11) is 1.54. The summed E-state index contributed by atoms with van der Waals surface area (Å²) in [6, 6.07) is 3.44. The minimum absolute atomic E-state index is 0.122. The highest BCUT2D eigenvalue weighted by atomic mass is 16.5. The smallest absolute Gasteiger partial charge is 0.283 e. The van der Waals surface area contributed by atoms with Gasteiger partial charge in [-0.25, -0.2) is 9.97 Å². The molecule has 7 nitrogen and oxygen atoms in total. The summed E-state index contributed by atoms with van der Waals surface area (Å²) in [4.78, 5) is 32.5. The third-order valence-corrected chi connectivity index (χ3v) is 2.82. The van der Waals surface area contributed by atoms with E-state index in [4.69, 9.17) is 4.74 Å². The minimum atomic E-state index is -0.500. The van der Waals surface area contributed by atoms with Crippen LogP contribution in [0.15, 0.2) is 23.1 Å². The second-order valence-corrected chi connectivity index (χ2v) is 4.10. The summed E-state index contributed by atoms with van der Waals surface area (Å²) in [6.07, 6.45) is 1.59. The number of aromatic nitrogens is 3. The Morgan fingerprint density at radius 1 is 1.50 bits per heavy atom. The molecular weight excluding hydrogens is 260 g/mol. The normalized spacial score (nSPS) is 10.7. The van der Waals surface area contributed by atoms with Crippen molar-refractivity contribution >= 4 is 17.1 Å². The van der Waals surface area contributed by atoms with Crippen molar-refractivity contribution in [3.05, 3.63) is 34.4 Å². The lowest BCUT2D eigenvalue weighted by Gasteiger charge is -2.09. The van der Waals surface area contributed by atoms with Gasteiger partial charge in [-0.15, -0.1) is 0 Å². The van der Waals surface area contributed by atoms with E-state index in [-0.39, 0.29) is 5.69 Å². The van der Waals surface area contributed by atoms with Gasteiger partial charge in [-0.1, -0.05) is 0 Å². The van der Waals surface area contributed by atoms with Crippen LogP contribution >= 0.6 is 0 Å². The van der Waals surface area contributed by atoms with Gasteiger partial charge in [0.05, 0.1) is 6.61 Å². The van der Waals surface area contributed by atoms with E-state index in [1.165, 1.54) is 11.7 Å². The Balaban J connectivity index is 2.46. The van der Waals surface area contributed by atoms with Crippen molar-refractivity contribution in [1.82, 2.24) is 19.9 Å². The fourth-order valence-electron chi connectivity index (χ4n) is 1.87. The number of pyridine rings is 1. The zero-order chi connectivity index (χ0) is 14.5. The number of fused-ring (bicyclic) bond motifs is 1. The predicted octanol–water partition coefficient (Wildman–Crippen LogP) is 0.188. The van der Waals surface area contributed by atoms with Crippen molar-refractivity contribution in [2.24, 2.45) is 0 Å². The van der Waals surface area contributed by atoms with Gasteiger partial charge in [-0.3, -0.25) is 14.2 Å². The van der Waals surface area contributed by atoms with Crippen LogP contribution in [0.1, 0.15) is 17.4 Å². The first-order valence-electron chi connectivity index (χ1n) is 6.31. The van der Waals surface area contributed by atoms with Gasteiger partial charge >= 0.3 is 0 Å². The first kappa shape index (κ1) is 14.1. The number of methoxy groups -OCH3 is 1. The summed E-state index contributed by atoms with van der Waals surface area (Å²) >= 11 is 0. The maximum absolute atomic E-state index is 12.3. The Morgan fingerprint density at radius 3 is 3.00 bits per heavy atom. The van der Waals surface area contributed by atoms with E-state index >= 15 is 0 Å². The Labute approximate surface area is 115 Å². The molecular formula is C13H16N4O3. The zero-order valence-electron chi connectivity index (χ0n) is 11.4. The first-order chi connectivity index (χ1) is 9.69. The van der Waals surface area contributed by atoms with E-state index in [2.05, 4.69) is 15.3 Å². The number of amides is 1. The zero-order valence-corrected chi connectivity index (χ0v) is 11.4. The van der Waals surface area contributed by atoms with Gasteiger partial charge in [0.25, 0.3) is 11.5 Å². The fraction of sp³-hybridized carbons (Fsp3) is 0.385. The van der Waals surface area contributed by atoms with Crippen molar-refractivity contribution in [3.63, 3.8) is 0 Å². The van der Waals surface area contributed by atoms with Crippen LogP contribution in [0.4, 0.5) is 0 Å². The summed E-state index contributed by atoms with van der Waals surface area (Å²) in [5.41, 5.74) is 0.441. The van der Waals surface area contributed by atoms with Crippen LogP contribution in [0.25, 0.3) is 11.2 Å². The lowest BCUT2D eigenvalue weighted by atomic mass is 10.3. The Morgan fingerprint density at radius 2 is 2.30 bits per heavy atom. The number of ether oxygens (including phenoxy) is 1. The van der Waals surface area contributed by atoms with Crippen LogP contribution in [0.2, 0.25) is 0 Å². The van der Waals surface area contributed by atoms with E-state index < -0.39 is 11.5 Å². The molecule has 0 atom stereocenters. The number of nitrogens with one attached hydrogen (secondary N) is 1. The summed E-state index contributed by atoms with van der Waals surface area (Å²) in [5, 5.41) is 2.60. The summed E-state index contributed by atoms with van der Waals surface area (Å²) in [6.45, 7) is 2.95. The van der Waals surface area contributed by atoms with E-state index in [1.807, 2.05) is 6.92 Å². The lowest BCUT2D eigenvalue weighted by Crippen LogP contribution is -2.36. The van der Waals surface area contributed by atoms with Gasteiger partial charge < -0.3 is 10.1 Å². The van der Waals surface area contributed by atoms with Crippen molar-refractivity contribution in [2.45, 2.75) is 13.5 Å². The maximum atomic E-state index is 12.3. The van der Waals surface area contributed by atoms with Crippen molar-refractivity contribution in [1.29, 1.82) is 0 Å². The summed E-state index contributed by atoms with van der Waals surface area (Å²) < 4.78 is 6.28. The Bertz CT molecular complexity index is 681. The molecule has 0 aliphatic carbocycles.